The first-order valence-corrected chi connectivity index (χ1v) is 2.60. The Bertz CT molecular complexity index is 72.8. The van der Waals surface area contributed by atoms with Crippen molar-refractivity contribution in [2.24, 2.45) is 5.73 Å². The molecule has 0 amide bonds. The molecule has 0 bridgehead atoms. The van der Waals surface area contributed by atoms with E-state index in [1.54, 1.807) is 6.92 Å². The number of carbonyl (C=O) groups is 1. The second kappa shape index (κ2) is 4.74. The molecule has 0 heterocycles. The Labute approximate surface area is 48.8 Å². The Kier molecular flexibility index (Phi) is 4.50. The molecule has 0 saturated carbocycles. The lowest BCUT2D eigenvalue weighted by Gasteiger charge is -1.94. The zero-order valence-electron chi connectivity index (χ0n) is 5.02. The highest BCUT2D eigenvalue weighted by Gasteiger charge is 1.93. The third kappa shape index (κ3) is 3.77. The van der Waals surface area contributed by atoms with E-state index in [2.05, 4.69) is 4.74 Å². The molecule has 0 spiro atoms. The first-order chi connectivity index (χ1) is 3.81. The average molecular weight is 117 g/mol. The molecule has 3 heteroatoms. The van der Waals surface area contributed by atoms with Crippen molar-refractivity contribution >= 4 is 5.78 Å². The highest BCUT2D eigenvalue weighted by atomic mass is 16.5. The van der Waals surface area contributed by atoms with Crippen LogP contribution in [0.2, 0.25) is 0 Å². The fraction of sp³-hybridized carbons (Fsp3) is 0.800. The summed E-state index contributed by atoms with van der Waals surface area (Å²) in [6, 6.07) is 0. The van der Waals surface area contributed by atoms with Gasteiger partial charge in [-0.05, 0) is 0 Å². The smallest absolute Gasteiger partial charge is 0.158 e. The molecular weight excluding hydrogens is 106 g/mol. The van der Waals surface area contributed by atoms with Gasteiger partial charge in [-0.15, -0.1) is 0 Å². The van der Waals surface area contributed by atoms with Crippen molar-refractivity contribution in [1.29, 1.82) is 0 Å². The van der Waals surface area contributed by atoms with Gasteiger partial charge in [0, 0.05) is 6.42 Å². The molecule has 0 saturated heterocycles. The number of carbonyl (C=O) groups excluding carboxylic acids is 1. The minimum absolute atomic E-state index is 0.0930. The van der Waals surface area contributed by atoms with Crippen LogP contribution in [0.25, 0.3) is 0 Å². The summed E-state index contributed by atoms with van der Waals surface area (Å²) in [5.41, 5.74) is 4.96. The summed E-state index contributed by atoms with van der Waals surface area (Å²) >= 11 is 0. The first kappa shape index (κ1) is 7.59. The van der Waals surface area contributed by atoms with Crippen LogP contribution in [0.4, 0.5) is 0 Å². The molecule has 3 nitrogen and oxygen atoms in total. The van der Waals surface area contributed by atoms with Gasteiger partial charge in [-0.3, -0.25) is 4.79 Å². The van der Waals surface area contributed by atoms with Gasteiger partial charge in [0.15, 0.2) is 5.78 Å². The fourth-order valence-electron chi connectivity index (χ4n) is 0.275. The molecule has 0 fully saturated rings. The summed E-state index contributed by atoms with van der Waals surface area (Å²) in [5.74, 6) is 0.0930. The van der Waals surface area contributed by atoms with Gasteiger partial charge < -0.3 is 10.5 Å². The molecule has 0 radical (unpaired) electrons. The Balaban J connectivity index is 2.99. The second-order valence-electron chi connectivity index (χ2n) is 1.41. The molecule has 0 aromatic carbocycles. The monoisotopic (exact) mass is 117 g/mol. The van der Waals surface area contributed by atoms with E-state index in [1.165, 1.54) is 0 Å². The van der Waals surface area contributed by atoms with Crippen molar-refractivity contribution in [1.82, 2.24) is 0 Å². The lowest BCUT2D eigenvalue weighted by molar-refractivity contribution is -0.123. The average Bonchev–Trinajstić information content (AvgIpc) is 1.83. The third-order valence-electron chi connectivity index (χ3n) is 0.775. The molecule has 8 heavy (non-hydrogen) atoms. The number of Topliss-reactive ketones (excluding diaryl/α,β-unsaturated/α-hetero) is 1. The Hall–Kier alpha value is -0.410. The van der Waals surface area contributed by atoms with Crippen LogP contribution in [0.5, 0.6) is 0 Å². The zero-order valence-corrected chi connectivity index (χ0v) is 5.02. The molecule has 0 rings (SSSR count). The maximum Gasteiger partial charge on any atom is 0.158 e. The normalized spacial score (nSPS) is 9.25. The van der Waals surface area contributed by atoms with E-state index in [4.69, 9.17) is 5.73 Å². The Morgan fingerprint density at radius 3 is 2.75 bits per heavy atom. The summed E-state index contributed by atoms with van der Waals surface area (Å²) in [5, 5.41) is 0. The summed E-state index contributed by atoms with van der Waals surface area (Å²) in [7, 11) is 0. The Morgan fingerprint density at radius 1 is 1.75 bits per heavy atom. The minimum Gasteiger partial charge on any atom is -0.359 e. The van der Waals surface area contributed by atoms with E-state index in [1.807, 2.05) is 0 Å². The molecule has 0 atom stereocenters. The van der Waals surface area contributed by atoms with E-state index < -0.39 is 0 Å². The van der Waals surface area contributed by atoms with Crippen LogP contribution in [0, 0.1) is 0 Å². The van der Waals surface area contributed by atoms with Crippen molar-refractivity contribution < 1.29 is 9.53 Å². The number of rotatable bonds is 4. The van der Waals surface area contributed by atoms with Gasteiger partial charge in [0.05, 0.1) is 6.73 Å². The number of ketones is 1. The van der Waals surface area contributed by atoms with E-state index >= 15 is 0 Å². The number of hydrogen-bond acceptors (Lipinski definition) is 3. The summed E-state index contributed by atoms with van der Waals surface area (Å²) in [6.45, 7) is 2.08. The predicted molar refractivity (Wildman–Crippen MR) is 30.3 cm³/mol. The van der Waals surface area contributed by atoms with Crippen molar-refractivity contribution in [2.75, 3.05) is 13.3 Å². The molecule has 0 unspecified atom stereocenters. The lowest BCUT2D eigenvalue weighted by atomic mass is 10.3. The van der Waals surface area contributed by atoms with Gasteiger partial charge in [-0.2, -0.15) is 0 Å². The number of hydrogen-bond donors (Lipinski definition) is 1. The van der Waals surface area contributed by atoms with Crippen molar-refractivity contribution in [3.63, 3.8) is 0 Å². The van der Waals surface area contributed by atoms with Crippen LogP contribution in [0.1, 0.15) is 13.3 Å². The van der Waals surface area contributed by atoms with Gasteiger partial charge >= 0.3 is 0 Å². The van der Waals surface area contributed by atoms with Gasteiger partial charge in [0.1, 0.15) is 6.61 Å². The molecule has 0 aliphatic rings. The molecular formula is C5H11NO2. The fourth-order valence-corrected chi connectivity index (χ4v) is 0.275. The first-order valence-electron chi connectivity index (χ1n) is 2.60. The largest absolute Gasteiger partial charge is 0.359 e. The standard InChI is InChI=1S/C5H11NO2/c1-2-5(7)3-8-4-6/h2-4,6H2,1H3. The van der Waals surface area contributed by atoms with Crippen LogP contribution in [-0.4, -0.2) is 19.1 Å². The second-order valence-corrected chi connectivity index (χ2v) is 1.41. The summed E-state index contributed by atoms with van der Waals surface area (Å²) < 4.78 is 4.61. The van der Waals surface area contributed by atoms with Crippen molar-refractivity contribution in [2.45, 2.75) is 13.3 Å². The minimum atomic E-state index is 0.0930. The molecule has 0 aliphatic heterocycles. The number of nitrogens with two attached hydrogens (primary N) is 1. The molecule has 0 aromatic heterocycles. The summed E-state index contributed by atoms with van der Waals surface area (Å²) in [6.07, 6.45) is 0.528. The van der Waals surface area contributed by atoms with E-state index in [0.29, 0.717) is 6.42 Å². The van der Waals surface area contributed by atoms with Gasteiger partial charge in [-0.1, -0.05) is 6.92 Å². The lowest BCUT2D eigenvalue weighted by Crippen LogP contribution is -2.12. The van der Waals surface area contributed by atoms with Crippen LogP contribution >= 0.6 is 0 Å². The van der Waals surface area contributed by atoms with Crippen LogP contribution in [-0.2, 0) is 9.53 Å². The Morgan fingerprint density at radius 2 is 2.38 bits per heavy atom. The zero-order chi connectivity index (χ0) is 6.41. The molecule has 0 aromatic rings. The topological polar surface area (TPSA) is 52.3 Å². The van der Waals surface area contributed by atoms with E-state index in [0.717, 1.165) is 0 Å². The van der Waals surface area contributed by atoms with Gasteiger partial charge in [-0.25, -0.2) is 0 Å². The van der Waals surface area contributed by atoms with Gasteiger partial charge in [0.2, 0.25) is 0 Å². The number of ether oxygens (including phenoxy) is 1. The van der Waals surface area contributed by atoms with Crippen molar-refractivity contribution in [3.05, 3.63) is 0 Å². The predicted octanol–water partition coefficient (Wildman–Crippen LogP) is -0.102. The summed E-state index contributed by atoms with van der Waals surface area (Å²) in [4.78, 5) is 10.4. The highest BCUT2D eigenvalue weighted by molar-refractivity contribution is 5.79. The SMILES string of the molecule is CCC(=O)COCN. The van der Waals surface area contributed by atoms with Crippen LogP contribution in [0.15, 0.2) is 0 Å². The van der Waals surface area contributed by atoms with E-state index in [-0.39, 0.29) is 19.1 Å². The molecule has 2 N–H and O–H groups in total. The van der Waals surface area contributed by atoms with E-state index in [9.17, 15) is 4.79 Å². The quantitative estimate of drug-likeness (QED) is 0.523. The maximum absolute atomic E-state index is 10.4. The highest BCUT2D eigenvalue weighted by Crippen LogP contribution is 1.79. The van der Waals surface area contributed by atoms with Crippen molar-refractivity contribution in [3.8, 4) is 0 Å². The van der Waals surface area contributed by atoms with Crippen LogP contribution in [0.3, 0.4) is 0 Å². The molecule has 48 valence electrons. The third-order valence-corrected chi connectivity index (χ3v) is 0.775. The van der Waals surface area contributed by atoms with Gasteiger partial charge in [0.25, 0.3) is 0 Å². The maximum atomic E-state index is 10.4. The van der Waals surface area contributed by atoms with Crippen LogP contribution < -0.4 is 5.73 Å². The molecule has 0 aliphatic carbocycles.